The summed E-state index contributed by atoms with van der Waals surface area (Å²) in [7, 11) is 0. The first-order chi connectivity index (χ1) is 10.2. The zero-order valence-electron chi connectivity index (χ0n) is 14.2. The van der Waals surface area contributed by atoms with Crippen molar-refractivity contribution in [1.82, 2.24) is 10.6 Å². The first kappa shape index (κ1) is 21.5. The molecular formula is C16H32IN3O2. The molecule has 2 N–H and O–H groups in total. The van der Waals surface area contributed by atoms with Gasteiger partial charge in [0.2, 0.25) is 0 Å². The predicted molar refractivity (Wildman–Crippen MR) is 102 cm³/mol. The van der Waals surface area contributed by atoms with Crippen molar-refractivity contribution < 1.29 is 9.53 Å². The molecule has 0 aromatic rings. The Labute approximate surface area is 152 Å². The van der Waals surface area contributed by atoms with Crippen LogP contribution in [0.15, 0.2) is 4.99 Å². The maximum atomic E-state index is 11.2. The number of guanidine groups is 1. The van der Waals surface area contributed by atoms with E-state index >= 15 is 0 Å². The van der Waals surface area contributed by atoms with Crippen molar-refractivity contribution in [3.8, 4) is 0 Å². The molecule has 130 valence electrons. The number of carbonyl (C=O) groups is 1. The SMILES string of the molecule is CCNC(=NCCCCCCC(=O)OCC)NC1CC1C.I. The summed E-state index contributed by atoms with van der Waals surface area (Å²) in [5.41, 5.74) is 0. The molecule has 0 heterocycles. The third-order valence-corrected chi connectivity index (χ3v) is 3.64. The van der Waals surface area contributed by atoms with Crippen molar-refractivity contribution in [2.75, 3.05) is 19.7 Å². The number of halogens is 1. The quantitative estimate of drug-likeness (QED) is 0.186. The van der Waals surface area contributed by atoms with Crippen LogP contribution in [0, 0.1) is 5.92 Å². The van der Waals surface area contributed by atoms with Crippen LogP contribution in [0.5, 0.6) is 0 Å². The normalized spacial score (nSPS) is 20.0. The molecule has 22 heavy (non-hydrogen) atoms. The summed E-state index contributed by atoms with van der Waals surface area (Å²) in [5, 5.41) is 6.73. The Bertz CT molecular complexity index is 337. The Morgan fingerprint density at radius 3 is 2.50 bits per heavy atom. The van der Waals surface area contributed by atoms with Crippen molar-refractivity contribution in [3.05, 3.63) is 0 Å². The molecule has 1 saturated carbocycles. The molecule has 1 aliphatic carbocycles. The number of hydrogen-bond acceptors (Lipinski definition) is 3. The zero-order valence-corrected chi connectivity index (χ0v) is 16.5. The summed E-state index contributed by atoms with van der Waals surface area (Å²) < 4.78 is 4.90. The Morgan fingerprint density at radius 2 is 1.91 bits per heavy atom. The summed E-state index contributed by atoms with van der Waals surface area (Å²) in [4.78, 5) is 15.8. The Balaban J connectivity index is 0.00000441. The van der Waals surface area contributed by atoms with E-state index in [1.54, 1.807) is 0 Å². The highest BCUT2D eigenvalue weighted by Crippen LogP contribution is 2.28. The van der Waals surface area contributed by atoms with Gasteiger partial charge in [-0.3, -0.25) is 9.79 Å². The summed E-state index contributed by atoms with van der Waals surface area (Å²) in [5.74, 6) is 1.64. The van der Waals surface area contributed by atoms with E-state index in [0.717, 1.165) is 50.7 Å². The number of hydrogen-bond donors (Lipinski definition) is 2. The van der Waals surface area contributed by atoms with Gasteiger partial charge in [-0.15, -0.1) is 24.0 Å². The van der Waals surface area contributed by atoms with E-state index in [9.17, 15) is 4.79 Å². The van der Waals surface area contributed by atoms with Gasteiger partial charge >= 0.3 is 5.97 Å². The number of nitrogens with one attached hydrogen (secondary N) is 2. The molecule has 0 spiro atoms. The summed E-state index contributed by atoms with van der Waals surface area (Å²) in [6.45, 7) is 8.40. The Morgan fingerprint density at radius 1 is 1.23 bits per heavy atom. The predicted octanol–water partition coefficient (Wildman–Crippen LogP) is 3.08. The van der Waals surface area contributed by atoms with Gasteiger partial charge in [-0.1, -0.05) is 19.8 Å². The molecule has 0 saturated heterocycles. The van der Waals surface area contributed by atoms with Gasteiger partial charge in [-0.25, -0.2) is 0 Å². The van der Waals surface area contributed by atoms with Gasteiger partial charge in [-0.05, 0) is 39.0 Å². The average Bonchev–Trinajstić information content (AvgIpc) is 3.13. The maximum Gasteiger partial charge on any atom is 0.305 e. The first-order valence-electron chi connectivity index (χ1n) is 8.37. The van der Waals surface area contributed by atoms with E-state index in [1.165, 1.54) is 6.42 Å². The maximum absolute atomic E-state index is 11.2. The zero-order chi connectivity index (χ0) is 15.5. The van der Waals surface area contributed by atoms with Crippen LogP contribution in [0.25, 0.3) is 0 Å². The molecule has 1 rings (SSSR count). The molecule has 2 unspecified atom stereocenters. The van der Waals surface area contributed by atoms with Gasteiger partial charge in [0, 0.05) is 25.6 Å². The van der Waals surface area contributed by atoms with Gasteiger partial charge in [0.05, 0.1) is 6.61 Å². The number of unbranched alkanes of at least 4 members (excludes halogenated alkanes) is 3. The highest BCUT2D eigenvalue weighted by atomic mass is 127. The van der Waals surface area contributed by atoms with Crippen LogP contribution in [0.2, 0.25) is 0 Å². The third kappa shape index (κ3) is 10.2. The summed E-state index contributed by atoms with van der Waals surface area (Å²) >= 11 is 0. The lowest BCUT2D eigenvalue weighted by atomic mass is 10.1. The fourth-order valence-corrected chi connectivity index (χ4v) is 2.18. The highest BCUT2D eigenvalue weighted by Gasteiger charge is 2.33. The van der Waals surface area contributed by atoms with Crippen LogP contribution in [0.1, 0.15) is 59.3 Å². The molecule has 1 aliphatic rings. The molecular weight excluding hydrogens is 393 g/mol. The second-order valence-electron chi connectivity index (χ2n) is 5.69. The largest absolute Gasteiger partial charge is 0.466 e. The molecule has 0 bridgehead atoms. The van der Waals surface area contributed by atoms with Gasteiger partial charge in [0.1, 0.15) is 0 Å². The number of esters is 1. The molecule has 1 fully saturated rings. The van der Waals surface area contributed by atoms with Crippen molar-refractivity contribution in [3.63, 3.8) is 0 Å². The second-order valence-corrected chi connectivity index (χ2v) is 5.69. The molecule has 0 aliphatic heterocycles. The van der Waals surface area contributed by atoms with Crippen LogP contribution in [0.4, 0.5) is 0 Å². The van der Waals surface area contributed by atoms with Crippen LogP contribution < -0.4 is 10.6 Å². The number of nitrogens with zero attached hydrogens (tertiary/aromatic N) is 1. The number of aliphatic imine (C=N–C) groups is 1. The molecule has 5 nitrogen and oxygen atoms in total. The fourth-order valence-electron chi connectivity index (χ4n) is 2.18. The number of carbonyl (C=O) groups excluding carboxylic acids is 1. The molecule has 0 aromatic carbocycles. The summed E-state index contributed by atoms with van der Waals surface area (Å²) in [6, 6.07) is 0.604. The monoisotopic (exact) mass is 425 g/mol. The Kier molecular flexibility index (Phi) is 12.6. The van der Waals surface area contributed by atoms with E-state index in [-0.39, 0.29) is 29.9 Å². The van der Waals surface area contributed by atoms with Crippen molar-refractivity contribution in [2.45, 2.75) is 65.3 Å². The lowest BCUT2D eigenvalue weighted by Gasteiger charge is -2.10. The van der Waals surface area contributed by atoms with Crippen LogP contribution in [0.3, 0.4) is 0 Å². The standard InChI is InChI=1S/C16H31N3O2.HI/c1-4-17-16(19-14-12-13(14)3)18-11-9-7-6-8-10-15(20)21-5-2;/h13-14H,4-12H2,1-3H3,(H2,17,18,19);1H. The van der Waals surface area contributed by atoms with E-state index in [2.05, 4.69) is 29.5 Å². The Hall–Kier alpha value is -0.530. The topological polar surface area (TPSA) is 62.7 Å². The number of rotatable bonds is 10. The average molecular weight is 425 g/mol. The number of ether oxygens (including phenoxy) is 1. The van der Waals surface area contributed by atoms with Gasteiger partial charge in [-0.2, -0.15) is 0 Å². The minimum atomic E-state index is -0.0762. The van der Waals surface area contributed by atoms with Gasteiger partial charge in [0.15, 0.2) is 5.96 Å². The molecule has 6 heteroatoms. The smallest absolute Gasteiger partial charge is 0.305 e. The van der Waals surface area contributed by atoms with Gasteiger partial charge in [0.25, 0.3) is 0 Å². The molecule has 2 atom stereocenters. The summed E-state index contributed by atoms with van der Waals surface area (Å²) in [6.07, 6.45) is 5.96. The minimum absolute atomic E-state index is 0. The minimum Gasteiger partial charge on any atom is -0.466 e. The van der Waals surface area contributed by atoms with E-state index in [4.69, 9.17) is 4.74 Å². The van der Waals surface area contributed by atoms with E-state index in [1.807, 2.05) is 6.92 Å². The van der Waals surface area contributed by atoms with Crippen LogP contribution in [-0.4, -0.2) is 37.7 Å². The third-order valence-electron chi connectivity index (χ3n) is 3.64. The van der Waals surface area contributed by atoms with E-state index in [0.29, 0.717) is 19.1 Å². The van der Waals surface area contributed by atoms with Crippen molar-refractivity contribution in [2.24, 2.45) is 10.9 Å². The molecule has 0 amide bonds. The first-order valence-corrected chi connectivity index (χ1v) is 8.37. The van der Waals surface area contributed by atoms with Crippen molar-refractivity contribution >= 4 is 35.9 Å². The van der Waals surface area contributed by atoms with Crippen LogP contribution >= 0.6 is 24.0 Å². The fraction of sp³-hybridized carbons (Fsp3) is 0.875. The molecule has 0 radical (unpaired) electrons. The van der Waals surface area contributed by atoms with E-state index < -0.39 is 0 Å². The van der Waals surface area contributed by atoms with Crippen LogP contribution in [-0.2, 0) is 9.53 Å². The lowest BCUT2D eigenvalue weighted by molar-refractivity contribution is -0.143. The second kappa shape index (κ2) is 13.0. The van der Waals surface area contributed by atoms with Gasteiger partial charge < -0.3 is 15.4 Å². The highest BCUT2D eigenvalue weighted by molar-refractivity contribution is 14.0. The lowest BCUT2D eigenvalue weighted by Crippen LogP contribution is -2.39. The van der Waals surface area contributed by atoms with Crippen molar-refractivity contribution in [1.29, 1.82) is 0 Å². The molecule has 0 aromatic heterocycles.